The van der Waals surface area contributed by atoms with Crippen molar-refractivity contribution in [3.63, 3.8) is 0 Å². The Morgan fingerprint density at radius 2 is 1.46 bits per heavy atom. The van der Waals surface area contributed by atoms with Gasteiger partial charge in [0.15, 0.2) is 11.5 Å². The second-order valence-electron chi connectivity index (χ2n) is 8.02. The summed E-state index contributed by atoms with van der Waals surface area (Å²) in [5.74, 6) is 1.38. The lowest BCUT2D eigenvalue weighted by atomic mass is 10.2. The minimum atomic E-state index is -0.361. The molecule has 1 amide bonds. The van der Waals surface area contributed by atoms with E-state index in [0.29, 0.717) is 42.6 Å². The molecule has 0 heterocycles. The number of hydrazone groups is 1. The van der Waals surface area contributed by atoms with Gasteiger partial charge in [-0.2, -0.15) is 5.10 Å². The van der Waals surface area contributed by atoms with Gasteiger partial charge in [-0.15, -0.1) is 0 Å². The van der Waals surface area contributed by atoms with E-state index in [2.05, 4.69) is 26.5 Å². The molecular weight excluding hydrogens is 532 g/mol. The Morgan fingerprint density at radius 1 is 0.784 bits per heavy atom. The molecule has 1 N–H and O–H groups in total. The van der Waals surface area contributed by atoms with Crippen LogP contribution in [0.4, 0.5) is 0 Å². The maximum absolute atomic E-state index is 12.7. The van der Waals surface area contributed by atoms with Gasteiger partial charge in [-0.1, -0.05) is 70.5 Å². The molecule has 188 valence electrons. The molecule has 0 bridgehead atoms. The van der Waals surface area contributed by atoms with Crippen molar-refractivity contribution in [3.05, 3.63) is 124 Å². The first-order chi connectivity index (χ1) is 18.1. The van der Waals surface area contributed by atoms with Gasteiger partial charge < -0.3 is 14.2 Å². The molecule has 0 aliphatic carbocycles. The number of hydrogen-bond acceptors (Lipinski definition) is 5. The van der Waals surface area contributed by atoms with E-state index in [4.69, 9.17) is 14.2 Å². The first-order valence-electron chi connectivity index (χ1n) is 11.9. The summed E-state index contributed by atoms with van der Waals surface area (Å²) in [5.41, 5.74) is 5.82. The fourth-order valence-electron chi connectivity index (χ4n) is 3.46. The molecular formula is C30H27BrN2O4. The van der Waals surface area contributed by atoms with E-state index in [0.717, 1.165) is 21.2 Å². The minimum Gasteiger partial charge on any atom is -0.490 e. The average molecular weight is 559 g/mol. The Bertz CT molecular complexity index is 1340. The number of carbonyl (C=O) groups is 1. The first-order valence-corrected chi connectivity index (χ1v) is 12.6. The van der Waals surface area contributed by atoms with Crippen molar-refractivity contribution < 1.29 is 19.0 Å². The average Bonchev–Trinajstić information content (AvgIpc) is 2.93. The van der Waals surface area contributed by atoms with Crippen molar-refractivity contribution in [1.82, 2.24) is 5.43 Å². The standard InChI is InChI=1S/C30H27BrN2O4/c1-2-35-29-18-24(14-17-28(29)37-20-22-8-4-3-5-9-22)30(34)33-32-19-25-10-6-7-11-27(25)36-21-23-12-15-26(31)16-13-23/h3-19H,2,20-21H2,1H3,(H,33,34)/b32-19+. The Kier molecular flexibility index (Phi) is 9.32. The fourth-order valence-corrected chi connectivity index (χ4v) is 3.72. The Balaban J connectivity index is 1.38. The molecule has 7 heteroatoms. The van der Waals surface area contributed by atoms with Gasteiger partial charge in [0.05, 0.1) is 12.8 Å². The van der Waals surface area contributed by atoms with Gasteiger partial charge in [0.1, 0.15) is 19.0 Å². The highest BCUT2D eigenvalue weighted by molar-refractivity contribution is 9.10. The van der Waals surface area contributed by atoms with Crippen LogP contribution in [0.3, 0.4) is 0 Å². The second-order valence-corrected chi connectivity index (χ2v) is 8.94. The normalized spacial score (nSPS) is 10.8. The zero-order valence-corrected chi connectivity index (χ0v) is 22.0. The summed E-state index contributed by atoms with van der Waals surface area (Å²) < 4.78 is 18.6. The second kappa shape index (κ2) is 13.3. The molecule has 4 aromatic rings. The summed E-state index contributed by atoms with van der Waals surface area (Å²) in [7, 11) is 0. The molecule has 0 fully saturated rings. The molecule has 4 aromatic carbocycles. The number of ether oxygens (including phenoxy) is 3. The lowest BCUT2D eigenvalue weighted by molar-refractivity contribution is 0.0954. The summed E-state index contributed by atoms with van der Waals surface area (Å²) in [4.78, 5) is 12.7. The molecule has 0 aliphatic heterocycles. The van der Waals surface area contributed by atoms with Crippen LogP contribution in [0.25, 0.3) is 0 Å². The van der Waals surface area contributed by atoms with Crippen LogP contribution in [0.1, 0.15) is 34.0 Å². The molecule has 0 aliphatic rings. The third-order valence-electron chi connectivity index (χ3n) is 5.34. The summed E-state index contributed by atoms with van der Waals surface area (Å²) in [6.45, 7) is 3.15. The summed E-state index contributed by atoms with van der Waals surface area (Å²) in [5, 5.41) is 4.14. The van der Waals surface area contributed by atoms with Gasteiger partial charge in [-0.3, -0.25) is 4.79 Å². The summed E-state index contributed by atoms with van der Waals surface area (Å²) >= 11 is 3.43. The van der Waals surface area contributed by atoms with Crippen LogP contribution >= 0.6 is 15.9 Å². The molecule has 0 spiro atoms. The zero-order valence-electron chi connectivity index (χ0n) is 20.4. The third-order valence-corrected chi connectivity index (χ3v) is 5.87. The largest absolute Gasteiger partial charge is 0.490 e. The van der Waals surface area contributed by atoms with E-state index >= 15 is 0 Å². The van der Waals surface area contributed by atoms with Crippen LogP contribution < -0.4 is 19.6 Å². The molecule has 37 heavy (non-hydrogen) atoms. The number of amides is 1. The van der Waals surface area contributed by atoms with Crippen molar-refractivity contribution in [1.29, 1.82) is 0 Å². The van der Waals surface area contributed by atoms with Crippen molar-refractivity contribution in [2.75, 3.05) is 6.61 Å². The number of hydrogen-bond donors (Lipinski definition) is 1. The molecule has 0 saturated carbocycles. The highest BCUT2D eigenvalue weighted by Crippen LogP contribution is 2.29. The van der Waals surface area contributed by atoms with Crippen molar-refractivity contribution >= 4 is 28.1 Å². The van der Waals surface area contributed by atoms with E-state index in [9.17, 15) is 4.79 Å². The van der Waals surface area contributed by atoms with E-state index in [1.165, 1.54) is 0 Å². The van der Waals surface area contributed by atoms with Crippen LogP contribution in [0.5, 0.6) is 17.2 Å². The Labute approximate surface area is 225 Å². The Hall–Kier alpha value is -4.10. The topological polar surface area (TPSA) is 69.2 Å². The number of nitrogens with one attached hydrogen (secondary N) is 1. The monoisotopic (exact) mass is 558 g/mol. The van der Waals surface area contributed by atoms with E-state index in [1.807, 2.05) is 85.8 Å². The molecule has 0 unspecified atom stereocenters. The molecule has 4 rings (SSSR count). The molecule has 0 radical (unpaired) electrons. The van der Waals surface area contributed by atoms with Crippen LogP contribution in [0.2, 0.25) is 0 Å². The summed E-state index contributed by atoms with van der Waals surface area (Å²) in [6.07, 6.45) is 1.57. The smallest absolute Gasteiger partial charge is 0.271 e. The number of carbonyl (C=O) groups excluding carboxylic acids is 1. The van der Waals surface area contributed by atoms with E-state index < -0.39 is 0 Å². The Morgan fingerprint density at radius 3 is 2.22 bits per heavy atom. The van der Waals surface area contributed by atoms with Gasteiger partial charge in [0.2, 0.25) is 0 Å². The lowest BCUT2D eigenvalue weighted by Crippen LogP contribution is -2.18. The zero-order chi connectivity index (χ0) is 25.9. The van der Waals surface area contributed by atoms with Gasteiger partial charge in [0, 0.05) is 15.6 Å². The predicted octanol–water partition coefficient (Wildman–Crippen LogP) is 6.77. The quantitative estimate of drug-likeness (QED) is 0.163. The maximum atomic E-state index is 12.7. The van der Waals surface area contributed by atoms with Crippen LogP contribution in [0.15, 0.2) is 107 Å². The number of para-hydroxylation sites is 1. The number of halogens is 1. The van der Waals surface area contributed by atoms with Crippen LogP contribution in [-0.2, 0) is 13.2 Å². The number of nitrogens with zero attached hydrogens (tertiary/aromatic N) is 1. The van der Waals surface area contributed by atoms with E-state index in [1.54, 1.807) is 24.4 Å². The highest BCUT2D eigenvalue weighted by atomic mass is 79.9. The van der Waals surface area contributed by atoms with Crippen LogP contribution in [-0.4, -0.2) is 18.7 Å². The minimum absolute atomic E-state index is 0.361. The van der Waals surface area contributed by atoms with Gasteiger partial charge in [0.25, 0.3) is 5.91 Å². The van der Waals surface area contributed by atoms with Crippen molar-refractivity contribution in [2.45, 2.75) is 20.1 Å². The van der Waals surface area contributed by atoms with Crippen LogP contribution in [0, 0.1) is 0 Å². The predicted molar refractivity (Wildman–Crippen MR) is 148 cm³/mol. The molecule has 0 aromatic heterocycles. The van der Waals surface area contributed by atoms with Gasteiger partial charge in [-0.25, -0.2) is 5.43 Å². The molecule has 0 atom stereocenters. The SMILES string of the molecule is CCOc1cc(C(=O)N/N=C/c2ccccc2OCc2ccc(Br)cc2)ccc1OCc1ccccc1. The lowest BCUT2D eigenvalue weighted by Gasteiger charge is -2.13. The van der Waals surface area contributed by atoms with Gasteiger partial charge >= 0.3 is 0 Å². The van der Waals surface area contributed by atoms with Crippen molar-refractivity contribution in [2.24, 2.45) is 5.10 Å². The maximum Gasteiger partial charge on any atom is 0.271 e. The van der Waals surface area contributed by atoms with Gasteiger partial charge in [-0.05, 0) is 60.5 Å². The summed E-state index contributed by atoms with van der Waals surface area (Å²) in [6, 6.07) is 30.4. The number of benzene rings is 4. The fraction of sp³-hybridized carbons (Fsp3) is 0.133. The molecule has 6 nitrogen and oxygen atoms in total. The first kappa shape index (κ1) is 26.0. The third kappa shape index (κ3) is 7.69. The van der Waals surface area contributed by atoms with Crippen molar-refractivity contribution in [3.8, 4) is 17.2 Å². The van der Waals surface area contributed by atoms with E-state index in [-0.39, 0.29) is 5.91 Å². The molecule has 0 saturated heterocycles. The highest BCUT2D eigenvalue weighted by Gasteiger charge is 2.12. The number of rotatable bonds is 11.